The van der Waals surface area contributed by atoms with Gasteiger partial charge in [0.15, 0.2) is 0 Å². The van der Waals surface area contributed by atoms with Crippen LogP contribution in [0.15, 0.2) is 36.7 Å². The molecule has 10 nitrogen and oxygen atoms in total. The van der Waals surface area contributed by atoms with E-state index in [1.807, 2.05) is 13.8 Å². The number of aromatic nitrogens is 2. The van der Waals surface area contributed by atoms with E-state index in [1.165, 1.54) is 24.5 Å². The Morgan fingerprint density at radius 3 is 2.38 bits per heavy atom. The van der Waals surface area contributed by atoms with Crippen molar-refractivity contribution in [1.82, 2.24) is 19.8 Å². The van der Waals surface area contributed by atoms with Gasteiger partial charge < -0.3 is 19.7 Å². The predicted molar refractivity (Wildman–Crippen MR) is 164 cm³/mol. The van der Waals surface area contributed by atoms with Crippen LogP contribution in [-0.4, -0.2) is 99.6 Å². The lowest BCUT2D eigenvalue weighted by molar-refractivity contribution is -0.0401. The Labute approximate surface area is 251 Å². The van der Waals surface area contributed by atoms with Gasteiger partial charge >= 0.3 is 0 Å². The minimum atomic E-state index is -3.66. The second-order valence-corrected chi connectivity index (χ2v) is 12.3. The van der Waals surface area contributed by atoms with Gasteiger partial charge in [0, 0.05) is 50.5 Å². The van der Waals surface area contributed by atoms with Crippen molar-refractivity contribution >= 4 is 49.7 Å². The fourth-order valence-corrected chi connectivity index (χ4v) is 5.39. The average Bonchev–Trinajstić information content (AvgIpc) is 2.95. The zero-order valence-electron chi connectivity index (χ0n) is 24.2. The number of nitrogens with zero attached hydrogens (tertiary/aromatic N) is 4. The summed E-state index contributed by atoms with van der Waals surface area (Å²) in [7, 11) is -1.58. The Kier molecular flexibility index (Phi) is 10.6. The molecule has 0 saturated carbocycles. The summed E-state index contributed by atoms with van der Waals surface area (Å²) in [5, 5.41) is 3.60. The van der Waals surface area contributed by atoms with E-state index in [9.17, 15) is 12.8 Å². The quantitative estimate of drug-likeness (QED) is 0.309. The second kappa shape index (κ2) is 13.9. The first-order valence-corrected chi connectivity index (χ1v) is 15.9. The number of nitrogens with one attached hydrogen (secondary N) is 2. The van der Waals surface area contributed by atoms with E-state index < -0.39 is 21.4 Å². The van der Waals surface area contributed by atoms with Gasteiger partial charge in [-0.3, -0.25) is 9.62 Å². The van der Waals surface area contributed by atoms with Crippen LogP contribution in [0.1, 0.15) is 19.4 Å². The maximum absolute atomic E-state index is 13.7. The molecule has 4 rings (SSSR count). The van der Waals surface area contributed by atoms with Crippen LogP contribution < -0.4 is 10.0 Å². The summed E-state index contributed by atoms with van der Waals surface area (Å²) < 4.78 is 52.9. The maximum atomic E-state index is 13.7. The van der Waals surface area contributed by atoms with Gasteiger partial charge in [-0.1, -0.05) is 23.4 Å². The summed E-state index contributed by atoms with van der Waals surface area (Å²) in [4.78, 5) is 13.3. The number of anilines is 3. The van der Waals surface area contributed by atoms with Crippen molar-refractivity contribution < 1.29 is 22.3 Å². The molecule has 0 bridgehead atoms. The van der Waals surface area contributed by atoms with Crippen molar-refractivity contribution in [2.75, 3.05) is 75.9 Å². The van der Waals surface area contributed by atoms with Crippen molar-refractivity contribution in [3.05, 3.63) is 53.1 Å². The average molecular weight is 619 g/mol. The molecule has 13 heteroatoms. The summed E-state index contributed by atoms with van der Waals surface area (Å²) in [5.74, 6) is 6.51. The smallest absolute Gasteiger partial charge is 0.229 e. The number of hydrogen-bond donors (Lipinski definition) is 2. The summed E-state index contributed by atoms with van der Waals surface area (Å²) >= 11 is 5.95. The van der Waals surface area contributed by atoms with Crippen molar-refractivity contribution in [3.8, 4) is 11.8 Å². The number of fused-ring (bicyclic) bond motifs is 1. The molecule has 0 aliphatic carbocycles. The van der Waals surface area contributed by atoms with Crippen LogP contribution >= 0.6 is 11.6 Å². The molecule has 1 saturated heterocycles. The van der Waals surface area contributed by atoms with Crippen molar-refractivity contribution in [3.63, 3.8) is 0 Å². The third-order valence-corrected chi connectivity index (χ3v) is 7.76. The number of hydrogen-bond acceptors (Lipinski definition) is 9. The van der Waals surface area contributed by atoms with E-state index in [0.29, 0.717) is 54.4 Å². The van der Waals surface area contributed by atoms with Crippen LogP contribution in [0.3, 0.4) is 0 Å². The molecule has 0 radical (unpaired) electrons. The highest BCUT2D eigenvalue weighted by Gasteiger charge is 2.37. The second-order valence-electron chi connectivity index (χ2n) is 10.1. The van der Waals surface area contributed by atoms with Gasteiger partial charge in [0.25, 0.3) is 0 Å². The number of likely N-dealkylation sites (N-methyl/N-ethyl adjacent to an activating group) is 1. The highest BCUT2D eigenvalue weighted by molar-refractivity contribution is 7.92. The molecule has 42 heavy (non-hydrogen) atoms. The number of halogens is 2. The lowest BCUT2D eigenvalue weighted by Gasteiger charge is -2.44. The molecule has 226 valence electrons. The number of sulfonamides is 1. The molecule has 0 spiro atoms. The number of benzene rings is 2. The van der Waals surface area contributed by atoms with Gasteiger partial charge in [0.05, 0.1) is 41.3 Å². The highest BCUT2D eigenvalue weighted by atomic mass is 35.5. The third-order valence-electron chi connectivity index (χ3n) is 6.88. The zero-order valence-corrected chi connectivity index (χ0v) is 25.8. The van der Waals surface area contributed by atoms with Gasteiger partial charge in [0.1, 0.15) is 23.5 Å². The van der Waals surface area contributed by atoms with Crippen LogP contribution in [-0.2, 0) is 19.5 Å². The minimum absolute atomic E-state index is 0.0432. The standard InChI is InChI=1S/C29H36ClFN6O4S/c1-5-40-18-29(19-41-6-2,37-13-11-36(3)12-14-37)10-9-21-15-27-23(17-26(21)35-42(4,38)39)28(33-20-32-27)34-22-7-8-25(31)24(30)16-22/h7-8,15-17,20,35H,5-6,11-14,18-19H2,1-4H3,(H,32,33,34). The highest BCUT2D eigenvalue weighted by Crippen LogP contribution is 2.30. The molecule has 0 amide bonds. The summed E-state index contributed by atoms with van der Waals surface area (Å²) in [6.07, 6.45) is 2.46. The number of piperazine rings is 1. The summed E-state index contributed by atoms with van der Waals surface area (Å²) in [6, 6.07) is 7.57. The van der Waals surface area contributed by atoms with Crippen molar-refractivity contribution in [2.45, 2.75) is 19.4 Å². The SMILES string of the molecule is CCOCC(C#Cc1cc2ncnc(Nc3ccc(F)c(Cl)c3)c2cc1NS(C)(=O)=O)(COCC)N1CCN(C)CC1. The molecular weight excluding hydrogens is 583 g/mol. The normalized spacial score (nSPS) is 14.9. The van der Waals surface area contributed by atoms with Gasteiger partial charge in [-0.05, 0) is 51.2 Å². The van der Waals surface area contributed by atoms with Gasteiger partial charge in [-0.25, -0.2) is 22.8 Å². The first-order valence-electron chi connectivity index (χ1n) is 13.6. The first kappa shape index (κ1) is 31.9. The van der Waals surface area contributed by atoms with E-state index >= 15 is 0 Å². The van der Waals surface area contributed by atoms with Crippen LogP contribution in [0.25, 0.3) is 10.9 Å². The molecule has 1 fully saturated rings. The van der Waals surface area contributed by atoms with Crippen molar-refractivity contribution in [2.24, 2.45) is 0 Å². The monoisotopic (exact) mass is 618 g/mol. The Morgan fingerprint density at radius 1 is 1.07 bits per heavy atom. The Balaban J connectivity index is 1.82. The fraction of sp³-hybridized carbons (Fsp3) is 0.448. The molecule has 1 aliphatic rings. The van der Waals surface area contributed by atoms with Gasteiger partial charge in [-0.15, -0.1) is 0 Å². The van der Waals surface area contributed by atoms with Gasteiger partial charge in [-0.2, -0.15) is 0 Å². The Hall–Kier alpha value is -3.05. The van der Waals surface area contributed by atoms with Crippen LogP contribution in [0.2, 0.25) is 5.02 Å². The van der Waals surface area contributed by atoms with E-state index in [2.05, 4.69) is 48.7 Å². The van der Waals surface area contributed by atoms with E-state index in [4.69, 9.17) is 21.1 Å². The van der Waals surface area contributed by atoms with Gasteiger partial charge in [0.2, 0.25) is 10.0 Å². The zero-order chi connectivity index (χ0) is 30.3. The van der Waals surface area contributed by atoms with E-state index in [1.54, 1.807) is 12.1 Å². The third kappa shape index (κ3) is 8.06. The molecule has 0 atom stereocenters. The van der Waals surface area contributed by atoms with Crippen LogP contribution in [0.5, 0.6) is 0 Å². The molecular formula is C29H36ClFN6O4S. The molecule has 0 unspecified atom stereocenters. The molecule has 3 aromatic rings. The van der Waals surface area contributed by atoms with Crippen LogP contribution in [0.4, 0.5) is 21.6 Å². The fourth-order valence-electron chi connectivity index (χ4n) is 4.64. The molecule has 1 aliphatic heterocycles. The Bertz CT molecular complexity index is 1560. The Morgan fingerprint density at radius 2 is 1.76 bits per heavy atom. The summed E-state index contributed by atoms with van der Waals surface area (Å²) in [6.45, 7) is 8.91. The predicted octanol–water partition coefficient (Wildman–Crippen LogP) is 3.95. The van der Waals surface area contributed by atoms with Crippen molar-refractivity contribution in [1.29, 1.82) is 0 Å². The van der Waals surface area contributed by atoms with Crippen LogP contribution in [0, 0.1) is 17.7 Å². The van der Waals surface area contributed by atoms with E-state index in [0.717, 1.165) is 32.4 Å². The molecule has 2 N–H and O–H groups in total. The topological polar surface area (TPSA) is 109 Å². The first-order chi connectivity index (χ1) is 20.0. The molecule has 2 aromatic carbocycles. The molecule has 2 heterocycles. The number of rotatable bonds is 11. The minimum Gasteiger partial charge on any atom is -0.379 e. The summed E-state index contributed by atoms with van der Waals surface area (Å²) in [5.41, 5.74) is 1.00. The maximum Gasteiger partial charge on any atom is 0.229 e. The largest absolute Gasteiger partial charge is 0.379 e. The van der Waals surface area contributed by atoms with E-state index in [-0.39, 0.29) is 10.7 Å². The lowest BCUT2D eigenvalue weighted by atomic mass is 9.97. The lowest BCUT2D eigenvalue weighted by Crippen LogP contribution is -2.60. The number of ether oxygens (including phenoxy) is 2. The molecule has 1 aromatic heterocycles.